The minimum absolute atomic E-state index is 0.0779. The molecule has 11 heteroatoms. The van der Waals surface area contributed by atoms with E-state index < -0.39 is 7.14 Å². The molecule has 2 aliphatic carbocycles. The molecule has 1 spiro atoms. The summed E-state index contributed by atoms with van der Waals surface area (Å²) in [5.74, 6) is 2.00. The van der Waals surface area contributed by atoms with Crippen molar-refractivity contribution < 1.29 is 4.57 Å². The lowest BCUT2D eigenvalue weighted by atomic mass is 9.73. The number of nitrogens with zero attached hydrogens (tertiary/aromatic N) is 5. The third kappa shape index (κ3) is 4.00. The van der Waals surface area contributed by atoms with Crippen LogP contribution in [0.15, 0.2) is 63.9 Å². The van der Waals surface area contributed by atoms with Crippen molar-refractivity contribution in [2.75, 3.05) is 37.1 Å². The maximum absolute atomic E-state index is 12.7. The van der Waals surface area contributed by atoms with E-state index in [1.165, 1.54) is 11.8 Å². The molecule has 1 aliphatic heterocycles. The summed E-state index contributed by atoms with van der Waals surface area (Å²) in [6.07, 6.45) is 13.3. The number of hydrogen-bond donors (Lipinski definition) is 2. The highest BCUT2D eigenvalue weighted by Crippen LogP contribution is 2.57. The Labute approximate surface area is 236 Å². The van der Waals surface area contributed by atoms with E-state index in [4.69, 9.17) is 33.0 Å². The Bertz CT molecular complexity index is 1700. The van der Waals surface area contributed by atoms with E-state index in [0.29, 0.717) is 16.8 Å². The van der Waals surface area contributed by atoms with Crippen molar-refractivity contribution in [1.82, 2.24) is 19.4 Å². The number of piperidine rings is 1. The first-order valence-electron chi connectivity index (χ1n) is 13.3. The van der Waals surface area contributed by atoms with Gasteiger partial charge in [-0.15, -0.1) is 0 Å². The number of nitrogens with two attached hydrogens (primary N) is 2. The second kappa shape index (κ2) is 8.96. The average molecular weight is 580 g/mol. The molecule has 0 aromatic carbocycles. The van der Waals surface area contributed by atoms with Crippen LogP contribution in [-0.4, -0.2) is 51.8 Å². The SMILES string of the molecule is CP(C)(=O)C1=CC2C(C=C1)CC1(CCN(c3nc4ccc(Sc5ccnc(N)c5Cl)c5ncc3n45)CC1)C2N. The van der Waals surface area contributed by atoms with Crippen LogP contribution in [0.4, 0.5) is 11.6 Å². The lowest BCUT2D eigenvalue weighted by Gasteiger charge is -2.43. The Balaban J connectivity index is 1.14. The molecule has 0 bridgehead atoms. The molecule has 3 atom stereocenters. The molecular formula is C28H31ClN7OPS. The van der Waals surface area contributed by atoms with E-state index in [9.17, 15) is 4.57 Å². The van der Waals surface area contributed by atoms with E-state index in [2.05, 4.69) is 32.5 Å². The van der Waals surface area contributed by atoms with E-state index in [-0.39, 0.29) is 17.4 Å². The highest BCUT2D eigenvalue weighted by molar-refractivity contribution is 7.99. The largest absolute Gasteiger partial charge is 0.382 e. The Morgan fingerprint density at radius 1 is 1.15 bits per heavy atom. The summed E-state index contributed by atoms with van der Waals surface area (Å²) in [5.41, 5.74) is 15.7. The van der Waals surface area contributed by atoms with Crippen molar-refractivity contribution in [3.05, 3.63) is 59.2 Å². The highest BCUT2D eigenvalue weighted by Gasteiger charge is 2.52. The third-order valence-corrected chi connectivity index (χ3v) is 12.1. The Hall–Kier alpha value is -2.58. The number of pyridine rings is 2. The number of halogens is 1. The molecule has 1 saturated heterocycles. The zero-order valence-corrected chi connectivity index (χ0v) is 24.4. The number of allylic oxidation sites excluding steroid dienone is 3. The van der Waals surface area contributed by atoms with Gasteiger partial charge in [0.15, 0.2) is 11.5 Å². The lowest BCUT2D eigenvalue weighted by Crippen LogP contribution is -2.48. The summed E-state index contributed by atoms with van der Waals surface area (Å²) in [6, 6.07) is 6.01. The van der Waals surface area contributed by atoms with Crippen LogP contribution in [0.25, 0.3) is 16.8 Å². The van der Waals surface area contributed by atoms with Crippen LogP contribution in [0.1, 0.15) is 19.3 Å². The van der Waals surface area contributed by atoms with Gasteiger partial charge in [-0.1, -0.05) is 41.6 Å². The van der Waals surface area contributed by atoms with E-state index >= 15 is 0 Å². The molecule has 0 amide bonds. The molecule has 1 saturated carbocycles. The van der Waals surface area contributed by atoms with Gasteiger partial charge >= 0.3 is 0 Å². The van der Waals surface area contributed by atoms with Gasteiger partial charge in [-0.3, -0.25) is 4.40 Å². The van der Waals surface area contributed by atoms with Crippen LogP contribution in [0.2, 0.25) is 5.02 Å². The Morgan fingerprint density at radius 2 is 1.95 bits per heavy atom. The van der Waals surface area contributed by atoms with Crippen molar-refractivity contribution >= 4 is 59.0 Å². The minimum Gasteiger partial charge on any atom is -0.382 e. The smallest absolute Gasteiger partial charge is 0.157 e. The minimum atomic E-state index is -2.29. The van der Waals surface area contributed by atoms with Gasteiger partial charge in [0.25, 0.3) is 0 Å². The molecule has 5 heterocycles. The van der Waals surface area contributed by atoms with Crippen LogP contribution >= 0.6 is 30.5 Å². The van der Waals surface area contributed by atoms with E-state index in [1.54, 1.807) is 6.20 Å². The molecule has 4 N–H and O–H groups in total. The number of aromatic nitrogens is 4. The number of fused-ring (bicyclic) bond motifs is 1. The third-order valence-electron chi connectivity index (χ3n) is 8.96. The number of rotatable bonds is 4. The fourth-order valence-electron chi connectivity index (χ4n) is 6.79. The molecular weight excluding hydrogens is 549 g/mol. The monoisotopic (exact) mass is 579 g/mol. The van der Waals surface area contributed by atoms with Gasteiger partial charge in [-0.2, -0.15) is 0 Å². The summed E-state index contributed by atoms with van der Waals surface area (Å²) in [5, 5.41) is 1.43. The molecule has 7 rings (SSSR count). The summed E-state index contributed by atoms with van der Waals surface area (Å²) in [6.45, 7) is 5.50. The average Bonchev–Trinajstić information content (AvgIpc) is 3.58. The number of imidazole rings is 2. The zero-order valence-electron chi connectivity index (χ0n) is 21.9. The maximum Gasteiger partial charge on any atom is 0.157 e. The summed E-state index contributed by atoms with van der Waals surface area (Å²) in [4.78, 5) is 18.1. The quantitative estimate of drug-likeness (QED) is 0.295. The standard InChI is InChI=1S/C28H31ClN7OPS/c1-38(2,37)17-4-3-16-14-28(24(30)18(16)13-17)8-11-35(12-9-28)26-19-15-33-27-21(5-6-22(34-26)36(19)27)39-20-7-10-32-25(31)23(20)29/h3-7,10,13,15-16,18,24H,8-9,11-12,14,30H2,1-2H3,(H2,31,32). The number of anilines is 2. The van der Waals surface area contributed by atoms with Gasteiger partial charge in [0.05, 0.1) is 16.1 Å². The predicted octanol–water partition coefficient (Wildman–Crippen LogP) is 5.73. The first-order chi connectivity index (χ1) is 18.6. The Morgan fingerprint density at radius 3 is 2.72 bits per heavy atom. The van der Waals surface area contributed by atoms with Gasteiger partial charge in [-0.25, -0.2) is 15.0 Å². The van der Waals surface area contributed by atoms with Crippen molar-refractivity contribution in [2.45, 2.75) is 35.1 Å². The summed E-state index contributed by atoms with van der Waals surface area (Å²) < 4.78 is 14.8. The molecule has 0 radical (unpaired) electrons. The Kier molecular flexibility index (Phi) is 5.84. The molecule has 2 fully saturated rings. The van der Waals surface area contributed by atoms with Crippen molar-refractivity contribution in [1.29, 1.82) is 0 Å². The molecule has 4 aromatic heterocycles. The predicted molar refractivity (Wildman–Crippen MR) is 160 cm³/mol. The molecule has 3 unspecified atom stereocenters. The zero-order chi connectivity index (χ0) is 27.1. The van der Waals surface area contributed by atoms with Crippen LogP contribution in [0, 0.1) is 17.3 Å². The first-order valence-corrected chi connectivity index (χ1v) is 17.1. The topological polar surface area (TPSA) is 115 Å². The molecule has 3 aliphatic rings. The molecule has 202 valence electrons. The lowest BCUT2D eigenvalue weighted by molar-refractivity contribution is 0.188. The fourth-order valence-corrected chi connectivity index (χ4v) is 8.93. The number of hydrogen-bond acceptors (Lipinski definition) is 8. The van der Waals surface area contributed by atoms with Gasteiger partial charge in [-0.05, 0) is 68.0 Å². The molecule has 8 nitrogen and oxygen atoms in total. The van der Waals surface area contributed by atoms with Gasteiger partial charge in [0, 0.05) is 35.5 Å². The normalized spacial score (nSPS) is 24.7. The van der Waals surface area contributed by atoms with Crippen molar-refractivity contribution in [3.63, 3.8) is 0 Å². The second-order valence-electron chi connectivity index (χ2n) is 11.5. The highest BCUT2D eigenvalue weighted by atomic mass is 35.5. The van der Waals surface area contributed by atoms with E-state index in [1.807, 2.05) is 37.7 Å². The van der Waals surface area contributed by atoms with E-state index in [0.717, 1.165) is 70.1 Å². The molecule has 4 aromatic rings. The summed E-state index contributed by atoms with van der Waals surface area (Å²) >= 11 is 7.93. The van der Waals surface area contributed by atoms with Gasteiger partial charge < -0.3 is 20.9 Å². The van der Waals surface area contributed by atoms with Gasteiger partial charge in [0.1, 0.15) is 24.1 Å². The van der Waals surface area contributed by atoms with Crippen LogP contribution in [0.3, 0.4) is 0 Å². The first kappa shape index (κ1) is 25.4. The summed E-state index contributed by atoms with van der Waals surface area (Å²) in [7, 11) is -2.29. The maximum atomic E-state index is 12.7. The van der Waals surface area contributed by atoms with Gasteiger partial charge in [0.2, 0.25) is 0 Å². The van der Waals surface area contributed by atoms with Crippen molar-refractivity contribution in [2.24, 2.45) is 23.0 Å². The van der Waals surface area contributed by atoms with Crippen LogP contribution in [-0.2, 0) is 4.57 Å². The fraction of sp³-hybridized carbons (Fsp3) is 0.393. The van der Waals surface area contributed by atoms with Crippen molar-refractivity contribution in [3.8, 4) is 0 Å². The second-order valence-corrected chi connectivity index (χ2v) is 16.2. The number of nitrogen functional groups attached to an aromatic ring is 1. The van der Waals surface area contributed by atoms with Crippen LogP contribution in [0.5, 0.6) is 0 Å². The molecule has 39 heavy (non-hydrogen) atoms. The van der Waals surface area contributed by atoms with Crippen LogP contribution < -0.4 is 16.4 Å².